The second kappa shape index (κ2) is 5.21. The Kier molecular flexibility index (Phi) is 3.89. The van der Waals surface area contributed by atoms with E-state index in [1.165, 1.54) is 0 Å². The van der Waals surface area contributed by atoms with Gasteiger partial charge in [-0.05, 0) is 12.1 Å². The maximum absolute atomic E-state index is 11.1. The fourth-order valence-electron chi connectivity index (χ4n) is 1.86. The smallest absolute Gasteiger partial charge is 0.153 e. The van der Waals surface area contributed by atoms with Gasteiger partial charge in [0, 0.05) is 52.9 Å². The van der Waals surface area contributed by atoms with Crippen LogP contribution in [-0.4, -0.2) is 36.4 Å². The number of nitrogens with zero attached hydrogens (tertiary/aromatic N) is 2. The number of hydrogen-bond donors (Lipinski definition) is 1. The molecule has 0 spiro atoms. The molecule has 1 aliphatic rings. The van der Waals surface area contributed by atoms with Crippen LogP contribution in [0.15, 0.2) is 23.1 Å². The third-order valence-electron chi connectivity index (χ3n) is 2.74. The molecule has 1 fully saturated rings. The summed E-state index contributed by atoms with van der Waals surface area (Å²) in [6, 6.07) is 5.76. The molecule has 2 rings (SSSR count). The van der Waals surface area contributed by atoms with Gasteiger partial charge in [0.2, 0.25) is 0 Å². The van der Waals surface area contributed by atoms with Crippen LogP contribution in [-0.2, 0) is 0 Å². The second-order valence-corrected chi connectivity index (χ2v) is 5.21. The second-order valence-electron chi connectivity index (χ2n) is 3.72. The number of carbonyl (C=O) groups excluding carboxylic acids is 1. The largest absolute Gasteiger partial charge is 0.368 e. The first kappa shape index (κ1) is 12.0. The van der Waals surface area contributed by atoms with E-state index in [0.29, 0.717) is 5.56 Å². The lowest BCUT2D eigenvalue weighted by Crippen LogP contribution is -2.42. The van der Waals surface area contributed by atoms with Crippen molar-refractivity contribution < 1.29 is 4.79 Å². The molecule has 16 heavy (non-hydrogen) atoms. The summed E-state index contributed by atoms with van der Waals surface area (Å²) in [5.74, 6) is 0. The first-order valence-electron chi connectivity index (χ1n) is 5.15. The van der Waals surface area contributed by atoms with E-state index < -0.39 is 0 Å². The standard InChI is InChI=1S/C11H13BrN2OS/c12-14-6-4-13(5-7-14)10-2-1-3-11(16)9(10)8-15/h1-3,8,16H,4-7H2. The van der Waals surface area contributed by atoms with Gasteiger partial charge in [0.15, 0.2) is 6.29 Å². The van der Waals surface area contributed by atoms with Gasteiger partial charge in [-0.15, -0.1) is 12.6 Å². The van der Waals surface area contributed by atoms with Crippen molar-refractivity contribution in [3.8, 4) is 0 Å². The zero-order valence-corrected chi connectivity index (χ0v) is 11.2. The fraction of sp³-hybridized carbons (Fsp3) is 0.364. The Bertz CT molecular complexity index is 392. The van der Waals surface area contributed by atoms with E-state index in [1.54, 1.807) is 0 Å². The monoisotopic (exact) mass is 300 g/mol. The average Bonchev–Trinajstić information content (AvgIpc) is 2.30. The first-order chi connectivity index (χ1) is 7.72. The van der Waals surface area contributed by atoms with Crippen LogP contribution in [0.3, 0.4) is 0 Å². The Hall–Kier alpha value is -0.520. The molecular weight excluding hydrogens is 288 g/mol. The summed E-state index contributed by atoms with van der Waals surface area (Å²) in [7, 11) is 0. The summed E-state index contributed by atoms with van der Waals surface area (Å²) >= 11 is 7.77. The van der Waals surface area contributed by atoms with Crippen molar-refractivity contribution >= 4 is 40.7 Å². The van der Waals surface area contributed by atoms with Crippen LogP contribution in [0.1, 0.15) is 10.4 Å². The van der Waals surface area contributed by atoms with Crippen LogP contribution in [0, 0.1) is 0 Å². The molecule has 0 atom stereocenters. The van der Waals surface area contributed by atoms with Gasteiger partial charge in [-0.1, -0.05) is 6.07 Å². The van der Waals surface area contributed by atoms with Crippen molar-refractivity contribution in [1.82, 2.24) is 3.93 Å². The van der Waals surface area contributed by atoms with Gasteiger partial charge in [-0.3, -0.25) is 4.79 Å². The summed E-state index contributed by atoms with van der Waals surface area (Å²) in [5, 5.41) is 0. The molecule has 0 radical (unpaired) electrons. The quantitative estimate of drug-likeness (QED) is 0.515. The molecule has 5 heteroatoms. The summed E-state index contributed by atoms with van der Waals surface area (Å²) < 4.78 is 2.11. The van der Waals surface area contributed by atoms with Gasteiger partial charge in [-0.2, -0.15) is 0 Å². The minimum Gasteiger partial charge on any atom is -0.368 e. The SMILES string of the molecule is O=Cc1c(S)cccc1N1CCN(Br)CC1. The number of rotatable bonds is 2. The van der Waals surface area contributed by atoms with Crippen LogP contribution in [0.4, 0.5) is 5.69 Å². The number of halogens is 1. The van der Waals surface area contributed by atoms with Crippen molar-refractivity contribution in [3.63, 3.8) is 0 Å². The first-order valence-corrected chi connectivity index (χ1v) is 6.31. The van der Waals surface area contributed by atoms with Crippen molar-refractivity contribution in [1.29, 1.82) is 0 Å². The Labute approximate surface area is 109 Å². The average molecular weight is 301 g/mol. The Morgan fingerprint density at radius 1 is 1.25 bits per heavy atom. The minimum absolute atomic E-state index is 0.689. The molecular formula is C11H13BrN2OS. The zero-order valence-electron chi connectivity index (χ0n) is 8.77. The van der Waals surface area contributed by atoms with Gasteiger partial charge in [0.1, 0.15) is 0 Å². The predicted octanol–water partition coefficient (Wildman–Crippen LogP) is 2.22. The van der Waals surface area contributed by atoms with Crippen molar-refractivity contribution in [2.75, 3.05) is 31.1 Å². The molecule has 0 amide bonds. The van der Waals surface area contributed by atoms with E-state index in [0.717, 1.165) is 43.0 Å². The van der Waals surface area contributed by atoms with Crippen molar-refractivity contribution in [2.45, 2.75) is 4.90 Å². The highest BCUT2D eigenvalue weighted by Gasteiger charge is 2.18. The number of thiol groups is 1. The van der Waals surface area contributed by atoms with Crippen LogP contribution >= 0.6 is 28.8 Å². The lowest BCUT2D eigenvalue weighted by atomic mass is 10.1. The predicted molar refractivity (Wildman–Crippen MR) is 71.8 cm³/mol. The zero-order chi connectivity index (χ0) is 11.5. The van der Waals surface area contributed by atoms with Crippen LogP contribution in [0.5, 0.6) is 0 Å². The summed E-state index contributed by atoms with van der Waals surface area (Å²) in [6.45, 7) is 3.75. The fourth-order valence-corrected chi connectivity index (χ4v) is 2.43. The number of anilines is 1. The summed E-state index contributed by atoms with van der Waals surface area (Å²) in [4.78, 5) is 14.0. The van der Waals surface area contributed by atoms with E-state index in [2.05, 4.69) is 37.6 Å². The molecule has 86 valence electrons. The Morgan fingerprint density at radius 3 is 2.56 bits per heavy atom. The third-order valence-corrected chi connectivity index (χ3v) is 3.84. The summed E-state index contributed by atoms with van der Waals surface area (Å²) in [5.41, 5.74) is 1.68. The Morgan fingerprint density at radius 2 is 1.94 bits per heavy atom. The Balaban J connectivity index is 2.26. The molecule has 1 aliphatic heterocycles. The van der Waals surface area contributed by atoms with E-state index in [1.807, 2.05) is 18.2 Å². The molecule has 0 saturated carbocycles. The van der Waals surface area contributed by atoms with Crippen LogP contribution < -0.4 is 4.90 Å². The number of benzene rings is 1. The van der Waals surface area contributed by atoms with Gasteiger partial charge in [0.25, 0.3) is 0 Å². The minimum atomic E-state index is 0.689. The van der Waals surface area contributed by atoms with Crippen LogP contribution in [0.2, 0.25) is 0 Å². The van der Waals surface area contributed by atoms with E-state index in [-0.39, 0.29) is 0 Å². The van der Waals surface area contributed by atoms with Crippen molar-refractivity contribution in [3.05, 3.63) is 23.8 Å². The highest BCUT2D eigenvalue weighted by molar-refractivity contribution is 9.07. The topological polar surface area (TPSA) is 23.6 Å². The molecule has 1 aromatic rings. The molecule has 0 aliphatic carbocycles. The normalized spacial score (nSPS) is 17.5. The highest BCUT2D eigenvalue weighted by atomic mass is 79.9. The van der Waals surface area contributed by atoms with Crippen molar-refractivity contribution in [2.24, 2.45) is 0 Å². The molecule has 3 nitrogen and oxygen atoms in total. The highest BCUT2D eigenvalue weighted by Crippen LogP contribution is 2.26. The van der Waals surface area contributed by atoms with E-state index in [9.17, 15) is 4.79 Å². The number of hydrogen-bond acceptors (Lipinski definition) is 4. The molecule has 1 aromatic carbocycles. The lowest BCUT2D eigenvalue weighted by Gasteiger charge is -2.33. The van der Waals surface area contributed by atoms with Gasteiger partial charge in [-0.25, -0.2) is 3.93 Å². The maximum Gasteiger partial charge on any atom is 0.153 e. The number of piperazine rings is 1. The van der Waals surface area contributed by atoms with E-state index in [4.69, 9.17) is 0 Å². The molecule has 0 aromatic heterocycles. The van der Waals surface area contributed by atoms with E-state index >= 15 is 0 Å². The maximum atomic E-state index is 11.1. The van der Waals surface area contributed by atoms with Crippen LogP contribution in [0.25, 0.3) is 0 Å². The van der Waals surface area contributed by atoms with Gasteiger partial charge >= 0.3 is 0 Å². The van der Waals surface area contributed by atoms with Gasteiger partial charge < -0.3 is 4.90 Å². The third kappa shape index (κ3) is 2.42. The summed E-state index contributed by atoms with van der Waals surface area (Å²) in [6.07, 6.45) is 0.887. The lowest BCUT2D eigenvalue weighted by molar-refractivity contribution is 0.112. The molecule has 0 N–H and O–H groups in total. The molecule has 1 saturated heterocycles. The molecule has 0 unspecified atom stereocenters. The number of aldehydes is 1. The molecule has 0 bridgehead atoms. The number of carbonyl (C=O) groups is 1. The molecule has 1 heterocycles. The van der Waals surface area contributed by atoms with Gasteiger partial charge in [0.05, 0.1) is 5.56 Å².